The van der Waals surface area contributed by atoms with Crippen molar-refractivity contribution in [2.24, 2.45) is 11.8 Å². The minimum atomic E-state index is -2.18. The van der Waals surface area contributed by atoms with Gasteiger partial charge >= 0.3 is 17.9 Å². The fourth-order valence-electron chi connectivity index (χ4n) is 3.12. The number of furan rings is 1. The van der Waals surface area contributed by atoms with Crippen molar-refractivity contribution in [2.75, 3.05) is 7.11 Å². The van der Waals surface area contributed by atoms with E-state index in [1.54, 1.807) is 0 Å². The maximum atomic E-state index is 12.6. The number of carbonyl (C=O) groups is 4. The second-order valence-corrected chi connectivity index (χ2v) is 5.82. The van der Waals surface area contributed by atoms with E-state index in [1.807, 2.05) is 0 Å². The molecule has 132 valence electrons. The van der Waals surface area contributed by atoms with Gasteiger partial charge in [-0.05, 0) is 19.1 Å². The molecule has 4 atom stereocenters. The van der Waals surface area contributed by atoms with Gasteiger partial charge < -0.3 is 23.7 Å². The zero-order valence-electron chi connectivity index (χ0n) is 13.3. The molecule has 0 saturated heterocycles. The van der Waals surface area contributed by atoms with Crippen LogP contribution in [0.25, 0.3) is 0 Å². The van der Waals surface area contributed by atoms with Gasteiger partial charge in [-0.25, -0.2) is 9.59 Å². The number of cyclic esters (lactones) is 1. The Labute approximate surface area is 141 Å². The summed E-state index contributed by atoms with van der Waals surface area (Å²) in [5.41, 5.74) is -2.36. The molecule has 0 radical (unpaired) electrons. The summed E-state index contributed by atoms with van der Waals surface area (Å²) in [6.45, 7) is 1.11. The molecule has 0 amide bonds. The van der Waals surface area contributed by atoms with Crippen LogP contribution < -0.4 is 0 Å². The molecule has 1 fully saturated rings. The van der Waals surface area contributed by atoms with Gasteiger partial charge in [-0.1, -0.05) is 0 Å². The Bertz CT molecular complexity index is 772. The number of aliphatic hydroxyl groups is 1. The number of carbonyl (C=O) groups excluding carboxylic acids is 4. The van der Waals surface area contributed by atoms with Gasteiger partial charge in [0.1, 0.15) is 17.8 Å². The van der Waals surface area contributed by atoms with Gasteiger partial charge in [0.15, 0.2) is 6.10 Å². The second-order valence-electron chi connectivity index (χ2n) is 5.82. The van der Waals surface area contributed by atoms with Crippen molar-refractivity contribution in [1.82, 2.24) is 0 Å². The topological polar surface area (TPSA) is 129 Å². The smallest absolute Gasteiger partial charge is 0.374 e. The zero-order chi connectivity index (χ0) is 18.4. The number of hydrogen-bond acceptors (Lipinski definition) is 9. The van der Waals surface area contributed by atoms with Gasteiger partial charge in [-0.15, -0.1) is 0 Å². The van der Waals surface area contributed by atoms with Crippen LogP contribution >= 0.6 is 0 Å². The third kappa shape index (κ3) is 2.52. The SMILES string of the molecule is COC(=O)C1=COC(=O)[C@H]2[C@@H]1[C@H](OC(=O)c1ccco1)C(=O)[C@]2(C)O. The Morgan fingerprint density at radius 1 is 1.28 bits per heavy atom. The largest absolute Gasteiger partial charge is 0.466 e. The number of rotatable bonds is 3. The summed E-state index contributed by atoms with van der Waals surface area (Å²) < 4.78 is 19.4. The molecule has 1 aliphatic carbocycles. The summed E-state index contributed by atoms with van der Waals surface area (Å²) in [5.74, 6) is -6.47. The van der Waals surface area contributed by atoms with Crippen LogP contribution in [0.4, 0.5) is 0 Å². The fourth-order valence-corrected chi connectivity index (χ4v) is 3.12. The highest BCUT2D eigenvalue weighted by Gasteiger charge is 2.65. The van der Waals surface area contributed by atoms with E-state index in [2.05, 4.69) is 4.74 Å². The maximum Gasteiger partial charge on any atom is 0.374 e. The van der Waals surface area contributed by atoms with Crippen molar-refractivity contribution in [2.45, 2.75) is 18.6 Å². The molecule has 25 heavy (non-hydrogen) atoms. The van der Waals surface area contributed by atoms with Crippen LogP contribution in [0.5, 0.6) is 0 Å². The van der Waals surface area contributed by atoms with E-state index in [9.17, 15) is 24.3 Å². The molecule has 3 rings (SSSR count). The number of hydrogen-bond donors (Lipinski definition) is 1. The highest BCUT2D eigenvalue weighted by molar-refractivity contribution is 6.05. The van der Waals surface area contributed by atoms with Crippen LogP contribution in [0.1, 0.15) is 17.5 Å². The number of methoxy groups -OCH3 is 1. The molecule has 1 saturated carbocycles. The first-order valence-corrected chi connectivity index (χ1v) is 7.29. The monoisotopic (exact) mass is 350 g/mol. The van der Waals surface area contributed by atoms with Crippen molar-refractivity contribution in [3.05, 3.63) is 36.0 Å². The predicted octanol–water partition coefficient (Wildman–Crippen LogP) is -0.0152. The Morgan fingerprint density at radius 2 is 2.00 bits per heavy atom. The molecule has 0 bridgehead atoms. The molecule has 2 aliphatic rings. The molecular weight excluding hydrogens is 336 g/mol. The average molecular weight is 350 g/mol. The molecule has 1 aromatic rings. The Balaban J connectivity index is 2.01. The second kappa shape index (κ2) is 5.85. The standard InChI is InChI=1S/C16H14O9/c1-16(21)10-9(7(13(18)22-2)6-24-15(10)20)11(12(16)17)25-14(19)8-4-3-5-23-8/h3-6,9-11,21H,1-2H3/t9-,10-,11+,16-/m1/s1. The quantitative estimate of drug-likeness (QED) is 0.590. The third-order valence-electron chi connectivity index (χ3n) is 4.34. The van der Waals surface area contributed by atoms with Crippen molar-refractivity contribution in [3.8, 4) is 0 Å². The number of fused-ring (bicyclic) bond motifs is 1. The van der Waals surface area contributed by atoms with Crippen molar-refractivity contribution < 1.29 is 42.9 Å². The first-order chi connectivity index (χ1) is 11.8. The fraction of sp³-hybridized carbons (Fsp3) is 0.375. The summed E-state index contributed by atoms with van der Waals surface area (Å²) in [4.78, 5) is 48.7. The van der Waals surface area contributed by atoms with Gasteiger partial charge in [0.2, 0.25) is 11.5 Å². The van der Waals surface area contributed by atoms with Crippen LogP contribution in [0.3, 0.4) is 0 Å². The molecular formula is C16H14O9. The zero-order valence-corrected chi connectivity index (χ0v) is 13.3. The van der Waals surface area contributed by atoms with Gasteiger partial charge in [-0.2, -0.15) is 0 Å². The number of ether oxygens (including phenoxy) is 3. The summed E-state index contributed by atoms with van der Waals surface area (Å²) in [6.07, 6.45) is 0.512. The first-order valence-electron chi connectivity index (χ1n) is 7.29. The van der Waals surface area contributed by atoms with E-state index in [0.717, 1.165) is 20.3 Å². The molecule has 0 spiro atoms. The van der Waals surface area contributed by atoms with Crippen LogP contribution in [0, 0.1) is 11.8 Å². The lowest BCUT2D eigenvalue weighted by atomic mass is 9.81. The first kappa shape index (κ1) is 16.9. The van der Waals surface area contributed by atoms with Crippen molar-refractivity contribution in [1.29, 1.82) is 0 Å². The molecule has 1 aliphatic heterocycles. The van der Waals surface area contributed by atoms with E-state index in [1.165, 1.54) is 18.4 Å². The van der Waals surface area contributed by atoms with Gasteiger partial charge in [-0.3, -0.25) is 9.59 Å². The highest BCUT2D eigenvalue weighted by atomic mass is 16.6. The highest BCUT2D eigenvalue weighted by Crippen LogP contribution is 2.46. The van der Waals surface area contributed by atoms with Crippen LogP contribution in [0.15, 0.2) is 34.6 Å². The lowest BCUT2D eigenvalue weighted by Crippen LogP contribution is -2.44. The van der Waals surface area contributed by atoms with Crippen LogP contribution in [-0.4, -0.2) is 47.6 Å². The van der Waals surface area contributed by atoms with E-state index >= 15 is 0 Å². The average Bonchev–Trinajstić information content (AvgIpc) is 3.17. The Kier molecular flexibility index (Phi) is 3.96. The number of esters is 3. The van der Waals surface area contributed by atoms with Crippen LogP contribution in [0.2, 0.25) is 0 Å². The molecule has 1 N–H and O–H groups in total. The van der Waals surface area contributed by atoms with Crippen molar-refractivity contribution >= 4 is 23.7 Å². The van der Waals surface area contributed by atoms with E-state index in [-0.39, 0.29) is 11.3 Å². The number of Topliss-reactive ketones (excluding diaryl/α,β-unsaturated/α-hetero) is 1. The molecule has 9 heteroatoms. The van der Waals surface area contributed by atoms with E-state index in [4.69, 9.17) is 13.9 Å². The normalized spacial score (nSPS) is 31.0. The van der Waals surface area contributed by atoms with E-state index in [0.29, 0.717) is 0 Å². The maximum absolute atomic E-state index is 12.6. The minimum Gasteiger partial charge on any atom is -0.466 e. The molecule has 2 heterocycles. The predicted molar refractivity (Wildman–Crippen MR) is 76.7 cm³/mol. The summed E-state index contributed by atoms with van der Waals surface area (Å²) >= 11 is 0. The third-order valence-corrected chi connectivity index (χ3v) is 4.34. The molecule has 1 aromatic heterocycles. The van der Waals surface area contributed by atoms with Gasteiger partial charge in [0.05, 0.1) is 24.9 Å². The summed E-state index contributed by atoms with van der Waals surface area (Å²) in [7, 11) is 1.10. The Morgan fingerprint density at radius 3 is 2.60 bits per heavy atom. The van der Waals surface area contributed by atoms with Crippen LogP contribution in [-0.2, 0) is 28.6 Å². The molecule has 0 unspecified atom stereocenters. The lowest BCUT2D eigenvalue weighted by Gasteiger charge is -2.29. The molecule has 9 nitrogen and oxygen atoms in total. The number of ketones is 1. The molecule has 0 aromatic carbocycles. The minimum absolute atomic E-state index is 0.169. The van der Waals surface area contributed by atoms with Gasteiger partial charge in [0.25, 0.3) is 0 Å². The van der Waals surface area contributed by atoms with Gasteiger partial charge in [0, 0.05) is 0 Å². The summed E-state index contributed by atoms with van der Waals surface area (Å²) in [5, 5.41) is 10.5. The van der Waals surface area contributed by atoms with E-state index < -0.39 is 47.2 Å². The van der Waals surface area contributed by atoms with Crippen molar-refractivity contribution in [3.63, 3.8) is 0 Å². The Hall–Kier alpha value is -2.94. The lowest BCUT2D eigenvalue weighted by molar-refractivity contribution is -0.158. The summed E-state index contributed by atoms with van der Waals surface area (Å²) in [6, 6.07) is 2.77.